The van der Waals surface area contributed by atoms with Gasteiger partial charge in [-0.2, -0.15) is 0 Å². The Morgan fingerprint density at radius 2 is 1.79 bits per heavy atom. The highest BCUT2D eigenvalue weighted by molar-refractivity contribution is 5.92. The van der Waals surface area contributed by atoms with E-state index in [0.29, 0.717) is 0 Å². The van der Waals surface area contributed by atoms with E-state index >= 15 is 0 Å². The van der Waals surface area contributed by atoms with Gasteiger partial charge >= 0.3 is 0 Å². The van der Waals surface area contributed by atoms with Crippen molar-refractivity contribution >= 4 is 11.0 Å². The van der Waals surface area contributed by atoms with E-state index in [2.05, 4.69) is 35.6 Å². The number of nitrogens with one attached hydrogen (secondary N) is 1. The number of benzene rings is 2. The Balaban J connectivity index is 2.22. The monoisotopic (exact) mass is 252 g/mol. The summed E-state index contributed by atoms with van der Waals surface area (Å²) in [4.78, 5) is 0. The van der Waals surface area contributed by atoms with Crippen LogP contribution in [0.1, 0.15) is 18.5 Å². The van der Waals surface area contributed by atoms with E-state index in [9.17, 15) is 0 Å². The topological polar surface area (TPSA) is 38.1 Å². The lowest BCUT2D eigenvalue weighted by molar-refractivity contribution is 0.459. The van der Waals surface area contributed by atoms with E-state index in [-0.39, 0.29) is 6.04 Å². The highest BCUT2D eigenvalue weighted by atomic mass is 16.5. The quantitative estimate of drug-likeness (QED) is 0.771. The Morgan fingerprint density at radius 1 is 1.05 bits per heavy atom. The largest absolute Gasteiger partial charge is 0.356 e. The van der Waals surface area contributed by atoms with Crippen LogP contribution in [0.25, 0.3) is 22.2 Å². The Bertz CT molecular complexity index is 703. The molecule has 1 atom stereocenters. The van der Waals surface area contributed by atoms with Crippen LogP contribution in [0, 0.1) is 0 Å². The smallest absolute Gasteiger partial charge is 0.167 e. The molecular weight excluding hydrogens is 236 g/mol. The van der Waals surface area contributed by atoms with Crippen LogP contribution >= 0.6 is 0 Å². The van der Waals surface area contributed by atoms with Gasteiger partial charge in [0.25, 0.3) is 0 Å². The molecule has 2 aromatic carbocycles. The Morgan fingerprint density at radius 3 is 2.63 bits per heavy atom. The van der Waals surface area contributed by atoms with Crippen molar-refractivity contribution in [2.75, 3.05) is 7.05 Å². The van der Waals surface area contributed by atoms with Crippen LogP contribution in [0.2, 0.25) is 0 Å². The molecule has 96 valence electrons. The maximum absolute atomic E-state index is 5.40. The molecule has 1 N–H and O–H groups in total. The molecule has 0 aliphatic heterocycles. The molecule has 3 nitrogen and oxygen atoms in total. The molecule has 19 heavy (non-hydrogen) atoms. The number of rotatable bonds is 3. The number of fused-ring (bicyclic) bond motifs is 1. The fourth-order valence-corrected chi connectivity index (χ4v) is 2.33. The molecule has 0 aliphatic carbocycles. The van der Waals surface area contributed by atoms with Crippen molar-refractivity contribution in [3.05, 3.63) is 54.1 Å². The van der Waals surface area contributed by atoms with Gasteiger partial charge in [0, 0.05) is 17.0 Å². The van der Waals surface area contributed by atoms with Crippen LogP contribution in [0.4, 0.5) is 0 Å². The normalized spacial score (nSPS) is 12.7. The van der Waals surface area contributed by atoms with Crippen molar-refractivity contribution in [1.29, 1.82) is 0 Å². The summed E-state index contributed by atoms with van der Waals surface area (Å²) in [6, 6.07) is 16.5. The minimum Gasteiger partial charge on any atom is -0.356 e. The van der Waals surface area contributed by atoms with E-state index in [1.807, 2.05) is 37.4 Å². The molecule has 0 fully saturated rings. The van der Waals surface area contributed by atoms with Crippen LogP contribution in [-0.4, -0.2) is 12.2 Å². The summed E-state index contributed by atoms with van der Waals surface area (Å²) < 4.78 is 5.40. The van der Waals surface area contributed by atoms with Crippen molar-refractivity contribution in [3.63, 3.8) is 0 Å². The fourth-order valence-electron chi connectivity index (χ4n) is 2.33. The number of para-hydroxylation sites is 1. The molecule has 0 spiro atoms. The van der Waals surface area contributed by atoms with Gasteiger partial charge in [-0.1, -0.05) is 41.6 Å². The van der Waals surface area contributed by atoms with Gasteiger partial charge in [0.1, 0.15) is 5.69 Å². The van der Waals surface area contributed by atoms with Crippen molar-refractivity contribution < 1.29 is 4.52 Å². The fraction of sp³-hybridized carbons (Fsp3) is 0.188. The first-order chi connectivity index (χ1) is 9.31. The van der Waals surface area contributed by atoms with Crippen LogP contribution in [0.15, 0.2) is 53.1 Å². The van der Waals surface area contributed by atoms with Gasteiger partial charge in [0.2, 0.25) is 0 Å². The molecule has 1 unspecified atom stereocenters. The molecule has 0 aliphatic rings. The van der Waals surface area contributed by atoms with Gasteiger partial charge in [-0.25, -0.2) is 0 Å². The standard InChI is InChI=1S/C16H16N2O/c1-11(17-2)12-7-3-4-8-13(12)16-14-9-5-6-10-15(14)19-18-16/h3-11,17H,1-2H3. The van der Waals surface area contributed by atoms with Gasteiger partial charge in [0.05, 0.1) is 0 Å². The third-order valence-electron chi connectivity index (χ3n) is 3.49. The zero-order chi connectivity index (χ0) is 13.2. The molecule has 0 bridgehead atoms. The summed E-state index contributed by atoms with van der Waals surface area (Å²) >= 11 is 0. The van der Waals surface area contributed by atoms with Gasteiger partial charge in [0.15, 0.2) is 5.58 Å². The first kappa shape index (κ1) is 11.9. The Labute approximate surface area is 112 Å². The Kier molecular flexibility index (Phi) is 3.05. The van der Waals surface area contributed by atoms with E-state index in [4.69, 9.17) is 4.52 Å². The number of aromatic nitrogens is 1. The van der Waals surface area contributed by atoms with E-state index in [1.165, 1.54) is 5.56 Å². The second-order valence-corrected chi connectivity index (χ2v) is 4.62. The molecule has 0 amide bonds. The van der Waals surface area contributed by atoms with E-state index < -0.39 is 0 Å². The van der Waals surface area contributed by atoms with E-state index in [1.54, 1.807) is 0 Å². The summed E-state index contributed by atoms with van der Waals surface area (Å²) in [7, 11) is 1.96. The predicted molar refractivity (Wildman–Crippen MR) is 76.9 cm³/mol. The summed E-state index contributed by atoms with van der Waals surface area (Å²) in [5.41, 5.74) is 4.08. The second-order valence-electron chi connectivity index (χ2n) is 4.62. The minimum atomic E-state index is 0.270. The molecule has 3 rings (SSSR count). The van der Waals surface area contributed by atoms with Crippen LogP contribution in [-0.2, 0) is 0 Å². The van der Waals surface area contributed by atoms with Gasteiger partial charge in [-0.15, -0.1) is 0 Å². The average Bonchev–Trinajstić information content (AvgIpc) is 2.90. The number of nitrogens with zero attached hydrogens (tertiary/aromatic N) is 1. The molecule has 1 aromatic heterocycles. The SMILES string of the molecule is CNC(C)c1ccccc1-c1noc2ccccc12. The maximum Gasteiger partial charge on any atom is 0.167 e. The molecule has 0 saturated heterocycles. The first-order valence-corrected chi connectivity index (χ1v) is 6.42. The van der Waals surface area contributed by atoms with Crippen LogP contribution < -0.4 is 5.32 Å². The zero-order valence-electron chi connectivity index (χ0n) is 11.1. The van der Waals surface area contributed by atoms with Crippen LogP contribution in [0.5, 0.6) is 0 Å². The average molecular weight is 252 g/mol. The lowest BCUT2D eigenvalue weighted by Gasteiger charge is -2.14. The van der Waals surface area contributed by atoms with E-state index in [0.717, 1.165) is 22.2 Å². The van der Waals surface area contributed by atoms with Crippen molar-refractivity contribution in [2.45, 2.75) is 13.0 Å². The third kappa shape index (κ3) is 2.02. The second kappa shape index (κ2) is 4.86. The predicted octanol–water partition coefficient (Wildman–Crippen LogP) is 3.78. The lowest BCUT2D eigenvalue weighted by atomic mass is 9.97. The number of hydrogen-bond donors (Lipinski definition) is 1. The summed E-state index contributed by atoms with van der Waals surface area (Å²) in [5.74, 6) is 0. The van der Waals surface area contributed by atoms with Crippen molar-refractivity contribution in [2.24, 2.45) is 0 Å². The molecular formula is C16H16N2O. The third-order valence-corrected chi connectivity index (χ3v) is 3.49. The highest BCUT2D eigenvalue weighted by Gasteiger charge is 2.15. The lowest BCUT2D eigenvalue weighted by Crippen LogP contribution is -2.13. The summed E-state index contributed by atoms with van der Waals surface area (Å²) in [6.45, 7) is 2.14. The highest BCUT2D eigenvalue weighted by Crippen LogP contribution is 2.32. The summed E-state index contributed by atoms with van der Waals surface area (Å²) in [5, 5.41) is 8.57. The summed E-state index contributed by atoms with van der Waals surface area (Å²) in [6.07, 6.45) is 0. The number of hydrogen-bond acceptors (Lipinski definition) is 3. The minimum absolute atomic E-state index is 0.270. The van der Waals surface area contributed by atoms with Gasteiger partial charge in [-0.05, 0) is 31.7 Å². The van der Waals surface area contributed by atoms with Crippen molar-refractivity contribution in [1.82, 2.24) is 10.5 Å². The molecule has 0 radical (unpaired) electrons. The first-order valence-electron chi connectivity index (χ1n) is 6.42. The Hall–Kier alpha value is -2.13. The van der Waals surface area contributed by atoms with Crippen molar-refractivity contribution in [3.8, 4) is 11.3 Å². The van der Waals surface area contributed by atoms with Gasteiger partial charge in [-0.3, -0.25) is 0 Å². The van der Waals surface area contributed by atoms with Crippen LogP contribution in [0.3, 0.4) is 0 Å². The zero-order valence-corrected chi connectivity index (χ0v) is 11.1. The van der Waals surface area contributed by atoms with Gasteiger partial charge < -0.3 is 9.84 Å². The molecule has 0 saturated carbocycles. The molecule has 1 heterocycles. The molecule has 3 aromatic rings. The molecule has 3 heteroatoms. The maximum atomic E-state index is 5.40.